The molecule has 29 heavy (non-hydrogen) atoms. The number of pyridine rings is 1. The van der Waals surface area contributed by atoms with Gasteiger partial charge in [-0.1, -0.05) is 36.4 Å². The van der Waals surface area contributed by atoms with Gasteiger partial charge in [-0.25, -0.2) is 17.4 Å². The second kappa shape index (κ2) is 7.26. The molecular formula is C22H21N3O3S. The second-order valence-electron chi connectivity index (χ2n) is 7.16. The Hall–Kier alpha value is -2.74. The molecule has 0 atom stereocenters. The number of morpholine rings is 1. The van der Waals surface area contributed by atoms with Crippen molar-refractivity contribution in [2.24, 2.45) is 0 Å². The first-order chi connectivity index (χ1) is 14.1. The van der Waals surface area contributed by atoms with Gasteiger partial charge in [0.05, 0.1) is 34.8 Å². The van der Waals surface area contributed by atoms with Crippen molar-refractivity contribution in [1.82, 2.24) is 13.9 Å². The van der Waals surface area contributed by atoms with E-state index in [4.69, 9.17) is 9.72 Å². The zero-order valence-electron chi connectivity index (χ0n) is 15.9. The maximum atomic E-state index is 13.4. The molecule has 0 unspecified atom stereocenters. The van der Waals surface area contributed by atoms with E-state index in [9.17, 15) is 8.42 Å². The molecular weight excluding hydrogens is 386 g/mol. The van der Waals surface area contributed by atoms with E-state index in [-0.39, 0.29) is 4.90 Å². The number of aromatic nitrogens is 2. The van der Waals surface area contributed by atoms with E-state index in [0.29, 0.717) is 25.3 Å². The van der Waals surface area contributed by atoms with E-state index in [1.165, 1.54) is 3.97 Å². The van der Waals surface area contributed by atoms with Crippen molar-refractivity contribution in [2.45, 2.75) is 11.4 Å². The van der Waals surface area contributed by atoms with Crippen LogP contribution >= 0.6 is 0 Å². The van der Waals surface area contributed by atoms with Gasteiger partial charge in [0.25, 0.3) is 10.0 Å². The first-order valence-corrected chi connectivity index (χ1v) is 11.1. The van der Waals surface area contributed by atoms with Crippen LogP contribution in [0, 0.1) is 0 Å². The molecule has 0 spiro atoms. The lowest BCUT2D eigenvalue weighted by Crippen LogP contribution is -2.36. The summed E-state index contributed by atoms with van der Waals surface area (Å²) in [6.07, 6.45) is 1.64. The third kappa shape index (κ3) is 3.21. The van der Waals surface area contributed by atoms with Gasteiger partial charge in [0.15, 0.2) is 0 Å². The Bertz CT molecular complexity index is 1280. The number of nitrogens with zero attached hydrogens (tertiary/aromatic N) is 3. The number of ether oxygens (including phenoxy) is 1. The molecule has 2 aromatic carbocycles. The number of para-hydroxylation sites is 1. The van der Waals surface area contributed by atoms with Crippen molar-refractivity contribution >= 4 is 31.8 Å². The molecule has 5 rings (SSSR count). The molecule has 0 radical (unpaired) electrons. The Morgan fingerprint density at radius 3 is 2.41 bits per heavy atom. The predicted octanol–water partition coefficient (Wildman–Crippen LogP) is 3.26. The van der Waals surface area contributed by atoms with Crippen LogP contribution in [0.1, 0.15) is 5.69 Å². The van der Waals surface area contributed by atoms with Crippen molar-refractivity contribution in [2.75, 3.05) is 26.3 Å². The van der Waals surface area contributed by atoms with E-state index in [1.54, 1.807) is 30.5 Å². The minimum Gasteiger partial charge on any atom is -0.379 e. The van der Waals surface area contributed by atoms with E-state index in [0.717, 1.165) is 35.1 Å². The van der Waals surface area contributed by atoms with E-state index in [2.05, 4.69) is 4.90 Å². The third-order valence-electron chi connectivity index (χ3n) is 5.35. The van der Waals surface area contributed by atoms with Crippen LogP contribution in [0.2, 0.25) is 0 Å². The van der Waals surface area contributed by atoms with Gasteiger partial charge in [-0.3, -0.25) is 4.90 Å². The Morgan fingerprint density at radius 1 is 0.897 bits per heavy atom. The quantitative estimate of drug-likeness (QED) is 0.520. The van der Waals surface area contributed by atoms with Gasteiger partial charge in [0.1, 0.15) is 0 Å². The summed E-state index contributed by atoms with van der Waals surface area (Å²) in [5, 5.41) is 1.86. The Morgan fingerprint density at radius 2 is 1.62 bits per heavy atom. The molecule has 2 aromatic heterocycles. The molecule has 7 heteroatoms. The van der Waals surface area contributed by atoms with Crippen LogP contribution in [-0.2, 0) is 21.3 Å². The molecule has 0 bridgehead atoms. The maximum Gasteiger partial charge on any atom is 0.268 e. The van der Waals surface area contributed by atoms with Crippen molar-refractivity contribution < 1.29 is 13.2 Å². The number of hydrogen-bond acceptors (Lipinski definition) is 5. The lowest BCUT2D eigenvalue weighted by atomic mass is 10.1. The van der Waals surface area contributed by atoms with Crippen LogP contribution in [0.5, 0.6) is 0 Å². The fraction of sp³-hybridized carbons (Fsp3) is 0.227. The lowest BCUT2D eigenvalue weighted by Gasteiger charge is -2.26. The largest absolute Gasteiger partial charge is 0.379 e. The SMILES string of the molecule is O=S(=O)(c1ccccc1)n1ccc2c3ccccc3nc(CN3CCOCC3)c21. The highest BCUT2D eigenvalue weighted by Crippen LogP contribution is 2.31. The summed E-state index contributed by atoms with van der Waals surface area (Å²) < 4.78 is 33.6. The summed E-state index contributed by atoms with van der Waals surface area (Å²) in [5.74, 6) is 0. The highest BCUT2D eigenvalue weighted by Gasteiger charge is 2.23. The van der Waals surface area contributed by atoms with Crippen LogP contribution in [-0.4, -0.2) is 48.6 Å². The number of rotatable bonds is 4. The van der Waals surface area contributed by atoms with E-state index < -0.39 is 10.0 Å². The minimum absolute atomic E-state index is 0.267. The summed E-state index contributed by atoms with van der Waals surface area (Å²) >= 11 is 0. The van der Waals surface area contributed by atoms with E-state index in [1.807, 2.05) is 36.4 Å². The second-order valence-corrected chi connectivity index (χ2v) is 8.97. The smallest absolute Gasteiger partial charge is 0.268 e. The number of benzene rings is 2. The fourth-order valence-corrected chi connectivity index (χ4v) is 5.29. The van der Waals surface area contributed by atoms with Crippen LogP contribution in [0.25, 0.3) is 21.8 Å². The van der Waals surface area contributed by atoms with Gasteiger partial charge in [-0.2, -0.15) is 0 Å². The van der Waals surface area contributed by atoms with Gasteiger partial charge >= 0.3 is 0 Å². The average molecular weight is 407 g/mol. The molecule has 148 valence electrons. The first-order valence-electron chi connectivity index (χ1n) is 9.64. The molecule has 1 aliphatic heterocycles. The fourth-order valence-electron chi connectivity index (χ4n) is 3.90. The normalized spacial score (nSPS) is 15.9. The molecule has 0 N–H and O–H groups in total. The monoisotopic (exact) mass is 407 g/mol. The molecule has 0 aliphatic carbocycles. The molecule has 4 aromatic rings. The van der Waals surface area contributed by atoms with Crippen molar-refractivity contribution in [3.63, 3.8) is 0 Å². The summed E-state index contributed by atoms with van der Waals surface area (Å²) in [5.41, 5.74) is 2.29. The average Bonchev–Trinajstić information content (AvgIpc) is 3.22. The zero-order chi connectivity index (χ0) is 19.8. The molecule has 1 aliphatic rings. The van der Waals surface area contributed by atoms with Crippen LogP contribution in [0.15, 0.2) is 71.8 Å². The van der Waals surface area contributed by atoms with Crippen molar-refractivity contribution in [3.8, 4) is 0 Å². The summed E-state index contributed by atoms with van der Waals surface area (Å²) in [7, 11) is -3.72. The third-order valence-corrected chi connectivity index (χ3v) is 7.04. The van der Waals surface area contributed by atoms with E-state index >= 15 is 0 Å². The Kier molecular flexibility index (Phi) is 4.58. The number of fused-ring (bicyclic) bond motifs is 3. The Labute approximate surface area is 169 Å². The van der Waals surface area contributed by atoms with Crippen LogP contribution in [0.3, 0.4) is 0 Å². The summed E-state index contributed by atoms with van der Waals surface area (Å²) in [4.78, 5) is 7.39. The first kappa shape index (κ1) is 18.3. The van der Waals surface area contributed by atoms with Crippen LogP contribution in [0.4, 0.5) is 0 Å². The van der Waals surface area contributed by atoms with Gasteiger partial charge in [0, 0.05) is 36.6 Å². The molecule has 0 amide bonds. The summed E-state index contributed by atoms with van der Waals surface area (Å²) in [6.45, 7) is 3.56. The predicted molar refractivity (Wildman–Crippen MR) is 112 cm³/mol. The minimum atomic E-state index is -3.72. The van der Waals surface area contributed by atoms with Gasteiger partial charge in [-0.15, -0.1) is 0 Å². The Balaban J connectivity index is 1.74. The number of hydrogen-bond donors (Lipinski definition) is 0. The summed E-state index contributed by atoms with van der Waals surface area (Å²) in [6, 6.07) is 18.3. The van der Waals surface area contributed by atoms with Gasteiger partial charge < -0.3 is 4.74 Å². The highest BCUT2D eigenvalue weighted by molar-refractivity contribution is 7.90. The highest BCUT2D eigenvalue weighted by atomic mass is 32.2. The van der Waals surface area contributed by atoms with Gasteiger partial charge in [0.2, 0.25) is 0 Å². The maximum absolute atomic E-state index is 13.4. The zero-order valence-corrected chi connectivity index (χ0v) is 16.7. The lowest BCUT2D eigenvalue weighted by molar-refractivity contribution is 0.0338. The molecule has 1 fully saturated rings. The van der Waals surface area contributed by atoms with Gasteiger partial charge in [-0.05, 0) is 24.3 Å². The van der Waals surface area contributed by atoms with Crippen molar-refractivity contribution in [3.05, 3.63) is 72.6 Å². The molecule has 0 saturated carbocycles. The van der Waals surface area contributed by atoms with Crippen LogP contribution < -0.4 is 0 Å². The molecule has 3 heterocycles. The standard InChI is InChI=1S/C22H21N3O3S/c26-29(27,17-6-2-1-3-7-17)25-11-10-19-18-8-4-5-9-20(18)23-21(22(19)25)16-24-12-14-28-15-13-24/h1-11H,12-16H2. The molecule has 6 nitrogen and oxygen atoms in total. The topological polar surface area (TPSA) is 64.4 Å². The molecule has 1 saturated heterocycles. The van der Waals surface area contributed by atoms with Crippen molar-refractivity contribution in [1.29, 1.82) is 0 Å².